The molecule has 2 bridgehead atoms. The first kappa shape index (κ1) is 49.4. The maximum absolute atomic E-state index is 14.0. The molecule has 1 unspecified atom stereocenters. The van der Waals surface area contributed by atoms with Crippen LogP contribution < -0.4 is 37.5 Å². The summed E-state index contributed by atoms with van der Waals surface area (Å²) in [5.74, 6) is -1.54. The van der Waals surface area contributed by atoms with Gasteiger partial charge in [0.25, 0.3) is 5.91 Å². The van der Waals surface area contributed by atoms with Crippen LogP contribution in [0.1, 0.15) is 64.0 Å². The fourth-order valence-corrected chi connectivity index (χ4v) is 7.51. The largest absolute Gasteiger partial charge is 0.489 e. The number of anilines is 1. The molecule has 4 rings (SSSR count). The number of carbonyl (C=O) groups excluding carboxylic acids is 4. The van der Waals surface area contributed by atoms with Gasteiger partial charge in [-0.1, -0.05) is 38.1 Å². The molecule has 0 radical (unpaired) electrons. The molecule has 0 saturated heterocycles. The Morgan fingerprint density at radius 2 is 1.67 bits per heavy atom. The molecule has 2 aliphatic rings. The highest BCUT2D eigenvalue weighted by Crippen LogP contribution is 2.30. The number of nitrogens with one attached hydrogen (secondary N) is 4. The summed E-state index contributed by atoms with van der Waals surface area (Å²) in [6.45, 7) is 6.86. The van der Waals surface area contributed by atoms with E-state index in [0.717, 1.165) is 5.56 Å². The van der Waals surface area contributed by atoms with E-state index in [2.05, 4.69) is 26.0 Å². The number of nitrogens with zero attached hydrogens (tertiary/aromatic N) is 2. The standard InChI is InChI=1S/C41H62N8O10S/c1-28(2)37-30-14-16-32(17-15-30)60(54,55)49(19-9-13-35(50)46-27-36(51)45-18-7-6-11-33(43)41(53)56-5)20-21-57-22-23-58-24-25-59-39-31(26-44-4)10-8-12-34(39)47-40(52)38(48-37)29(3)42/h8,10,12,14-17,28,33,44H,6-7,9,11,13,18-27,42-43H2,1-5H3,(H,45,51)(H,46,50)(H,47,52)/b38-29+,48-37?. The van der Waals surface area contributed by atoms with Gasteiger partial charge in [-0.2, -0.15) is 4.31 Å². The first-order valence-corrected chi connectivity index (χ1v) is 21.5. The number of benzene rings is 2. The zero-order valence-corrected chi connectivity index (χ0v) is 36.2. The van der Waals surface area contributed by atoms with Gasteiger partial charge in [-0.05, 0) is 69.3 Å². The lowest BCUT2D eigenvalue weighted by Gasteiger charge is -2.23. The van der Waals surface area contributed by atoms with Crippen LogP contribution in [-0.4, -0.2) is 122 Å². The first-order chi connectivity index (χ1) is 28.7. The number of para-hydroxylation sites is 1. The molecule has 3 amide bonds. The number of hydrogen-bond donors (Lipinski definition) is 6. The highest BCUT2D eigenvalue weighted by Gasteiger charge is 2.26. The summed E-state index contributed by atoms with van der Waals surface area (Å²) < 4.78 is 51.5. The van der Waals surface area contributed by atoms with Crippen molar-refractivity contribution in [1.82, 2.24) is 20.3 Å². The van der Waals surface area contributed by atoms with Crippen molar-refractivity contribution in [2.75, 3.05) is 78.7 Å². The molecule has 1 atom stereocenters. The number of sulfonamides is 1. The summed E-state index contributed by atoms with van der Waals surface area (Å²) in [5.41, 5.74) is 14.5. The highest BCUT2D eigenvalue weighted by atomic mass is 32.2. The molecule has 0 spiro atoms. The van der Waals surface area contributed by atoms with Crippen LogP contribution in [0.3, 0.4) is 0 Å². The normalized spacial score (nSPS) is 17.1. The molecular formula is C41H62N8O10S. The van der Waals surface area contributed by atoms with Gasteiger partial charge < -0.3 is 51.7 Å². The van der Waals surface area contributed by atoms with Gasteiger partial charge in [-0.15, -0.1) is 0 Å². The smallest absolute Gasteiger partial charge is 0.322 e. The van der Waals surface area contributed by atoms with Crippen molar-refractivity contribution in [3.05, 3.63) is 65.0 Å². The van der Waals surface area contributed by atoms with Gasteiger partial charge in [-0.3, -0.25) is 19.2 Å². The number of methoxy groups -OCH3 is 1. The molecule has 60 heavy (non-hydrogen) atoms. The molecule has 2 heterocycles. The first-order valence-electron chi connectivity index (χ1n) is 20.1. The summed E-state index contributed by atoms with van der Waals surface area (Å²) in [5, 5.41) is 11.3. The molecule has 0 saturated carbocycles. The van der Waals surface area contributed by atoms with E-state index in [-0.39, 0.29) is 93.6 Å². The molecule has 18 nitrogen and oxygen atoms in total. The molecule has 19 heteroatoms. The van der Waals surface area contributed by atoms with E-state index in [9.17, 15) is 27.6 Å². The summed E-state index contributed by atoms with van der Waals surface area (Å²) >= 11 is 0. The Kier molecular flexibility index (Phi) is 21.1. The second kappa shape index (κ2) is 25.6. The van der Waals surface area contributed by atoms with Gasteiger partial charge in [0.05, 0.1) is 56.4 Å². The Balaban J connectivity index is 1.75. The molecule has 332 valence electrons. The lowest BCUT2D eigenvalue weighted by Crippen LogP contribution is -2.38. The third-order valence-corrected chi connectivity index (χ3v) is 11.1. The van der Waals surface area contributed by atoms with Gasteiger partial charge in [0.1, 0.15) is 24.1 Å². The average Bonchev–Trinajstić information content (AvgIpc) is 3.21. The minimum absolute atomic E-state index is 0.00334. The summed E-state index contributed by atoms with van der Waals surface area (Å²) in [6, 6.07) is 10.9. The predicted molar refractivity (Wildman–Crippen MR) is 228 cm³/mol. The van der Waals surface area contributed by atoms with Crippen molar-refractivity contribution < 1.29 is 46.5 Å². The van der Waals surface area contributed by atoms with Gasteiger partial charge in [-0.25, -0.2) is 13.4 Å². The second-order valence-electron chi connectivity index (χ2n) is 14.3. The van der Waals surface area contributed by atoms with E-state index < -0.39 is 33.8 Å². The van der Waals surface area contributed by atoms with Gasteiger partial charge in [0, 0.05) is 43.9 Å². The van der Waals surface area contributed by atoms with E-state index in [0.29, 0.717) is 55.1 Å². The molecule has 8 N–H and O–H groups in total. The van der Waals surface area contributed by atoms with E-state index in [1.165, 1.54) is 23.5 Å². The Morgan fingerprint density at radius 3 is 2.33 bits per heavy atom. The second-order valence-corrected chi connectivity index (χ2v) is 16.3. The number of ether oxygens (including phenoxy) is 4. The number of hydrogen-bond acceptors (Lipinski definition) is 14. The van der Waals surface area contributed by atoms with Gasteiger partial charge >= 0.3 is 5.97 Å². The predicted octanol–water partition coefficient (Wildman–Crippen LogP) is 1.78. The average molecular weight is 859 g/mol. The Labute approximate surface area is 353 Å². The highest BCUT2D eigenvalue weighted by molar-refractivity contribution is 7.89. The molecule has 0 fully saturated rings. The van der Waals surface area contributed by atoms with Crippen LogP contribution in [0.15, 0.2) is 63.7 Å². The minimum Gasteiger partial charge on any atom is -0.489 e. The third-order valence-electron chi connectivity index (χ3n) is 9.22. The number of unbranched alkanes of at least 4 members (excludes halogenated alkanes) is 1. The van der Waals surface area contributed by atoms with Crippen molar-refractivity contribution in [2.45, 2.75) is 70.4 Å². The minimum atomic E-state index is -4.06. The van der Waals surface area contributed by atoms with Crippen LogP contribution in [0.2, 0.25) is 0 Å². The zero-order chi connectivity index (χ0) is 44.1. The number of nitrogens with two attached hydrogens (primary N) is 2. The van der Waals surface area contributed by atoms with E-state index in [1.807, 2.05) is 33.0 Å². The molecule has 0 aliphatic carbocycles. The summed E-state index contributed by atoms with van der Waals surface area (Å²) in [4.78, 5) is 54.8. The number of allylic oxidation sites excluding steroid dienone is 1. The summed E-state index contributed by atoms with van der Waals surface area (Å²) in [6.07, 6.45) is 1.76. The third kappa shape index (κ3) is 15.9. The van der Waals surface area contributed by atoms with E-state index >= 15 is 0 Å². The van der Waals surface area contributed by atoms with Gasteiger partial charge in [0.2, 0.25) is 21.8 Å². The monoisotopic (exact) mass is 858 g/mol. The van der Waals surface area contributed by atoms with Crippen LogP contribution in [0, 0.1) is 5.92 Å². The van der Waals surface area contributed by atoms with Crippen molar-refractivity contribution >= 4 is 45.1 Å². The van der Waals surface area contributed by atoms with Gasteiger partial charge in [0.15, 0.2) is 0 Å². The SMILES string of the molecule is CNCc1cccc2c1OCCOCCOCCN(CCCC(=O)NCC(=O)NCCCCC(N)C(=O)OC)S(=O)(=O)c1ccc(cc1)C(C(C)C)=N/C(=C(\C)N)C(=O)N2. The molecule has 0 aromatic heterocycles. The number of rotatable bonds is 15. The van der Waals surface area contributed by atoms with Crippen LogP contribution in [0.5, 0.6) is 5.75 Å². The number of aliphatic imine (C=N–C) groups is 1. The number of fused-ring (bicyclic) bond motifs is 15. The summed E-state index contributed by atoms with van der Waals surface area (Å²) in [7, 11) is -0.983. The van der Waals surface area contributed by atoms with Crippen molar-refractivity contribution in [3.63, 3.8) is 0 Å². The zero-order valence-electron chi connectivity index (χ0n) is 35.3. The topological polar surface area (TPSA) is 255 Å². The lowest BCUT2D eigenvalue weighted by molar-refractivity contribution is -0.142. The molecule has 2 aromatic carbocycles. The fraction of sp³-hybridized carbons (Fsp3) is 0.537. The van der Waals surface area contributed by atoms with Crippen molar-refractivity contribution in [1.29, 1.82) is 0 Å². The Bertz CT molecular complexity index is 1900. The molecular weight excluding hydrogens is 797 g/mol. The number of esters is 1. The molecule has 2 aliphatic heterocycles. The lowest BCUT2D eigenvalue weighted by atomic mass is 9.99. The number of amides is 3. The van der Waals surface area contributed by atoms with Crippen molar-refractivity contribution in [3.8, 4) is 5.75 Å². The Morgan fingerprint density at radius 1 is 0.967 bits per heavy atom. The maximum Gasteiger partial charge on any atom is 0.322 e. The van der Waals surface area contributed by atoms with E-state index in [1.54, 1.807) is 25.1 Å². The van der Waals surface area contributed by atoms with Crippen LogP contribution >= 0.6 is 0 Å². The van der Waals surface area contributed by atoms with Crippen LogP contribution in [0.4, 0.5) is 5.69 Å². The van der Waals surface area contributed by atoms with Crippen LogP contribution in [0.25, 0.3) is 0 Å². The van der Waals surface area contributed by atoms with Crippen LogP contribution in [-0.2, 0) is 50.0 Å². The Hall–Kier alpha value is -4.92. The molecule has 2 aromatic rings. The number of carbonyl (C=O) groups is 4. The fourth-order valence-electron chi connectivity index (χ4n) is 6.05. The van der Waals surface area contributed by atoms with E-state index in [4.69, 9.17) is 30.7 Å². The quantitative estimate of drug-likeness (QED) is 0.0648. The maximum atomic E-state index is 14.0. The van der Waals surface area contributed by atoms with Crippen molar-refractivity contribution in [2.24, 2.45) is 22.4 Å².